The summed E-state index contributed by atoms with van der Waals surface area (Å²) in [5, 5.41) is 5.40. The Bertz CT molecular complexity index is 1130. The van der Waals surface area contributed by atoms with Gasteiger partial charge in [-0.25, -0.2) is 9.97 Å². The first-order chi connectivity index (χ1) is 14.1. The van der Waals surface area contributed by atoms with Gasteiger partial charge >= 0.3 is 0 Å². The summed E-state index contributed by atoms with van der Waals surface area (Å²) < 4.78 is 7.78. The zero-order valence-corrected chi connectivity index (χ0v) is 17.2. The summed E-state index contributed by atoms with van der Waals surface area (Å²) in [5.41, 5.74) is 3.42. The maximum absolute atomic E-state index is 12.7. The Kier molecular flexibility index (Phi) is 5.57. The standard InChI is InChI=1S/C22H22N4O2S/c1-3-12-26-19-7-5-4-6-17(19)24-22(26)25-21(27)18-14-29-20(23-18)13-28-16-10-8-15(2)9-11-16/h4-11,14H,3,12-13H2,1-2H3,(H,24,25,27). The molecule has 6 nitrogen and oxygen atoms in total. The molecule has 0 radical (unpaired) electrons. The van der Waals surface area contributed by atoms with Crippen LogP contribution >= 0.6 is 11.3 Å². The largest absolute Gasteiger partial charge is 0.486 e. The summed E-state index contributed by atoms with van der Waals surface area (Å²) in [6, 6.07) is 15.7. The number of amides is 1. The highest BCUT2D eigenvalue weighted by Gasteiger charge is 2.16. The van der Waals surface area contributed by atoms with Gasteiger partial charge < -0.3 is 9.30 Å². The number of carbonyl (C=O) groups excluding carboxylic acids is 1. The first kappa shape index (κ1) is 19.1. The van der Waals surface area contributed by atoms with Crippen LogP contribution in [0.4, 0.5) is 5.95 Å². The number of nitrogens with one attached hydrogen (secondary N) is 1. The van der Waals surface area contributed by atoms with E-state index in [0.29, 0.717) is 18.2 Å². The van der Waals surface area contributed by atoms with E-state index in [1.807, 2.05) is 60.0 Å². The fraction of sp³-hybridized carbons (Fsp3) is 0.227. The second-order valence-corrected chi connectivity index (χ2v) is 7.70. The van der Waals surface area contributed by atoms with Gasteiger partial charge in [-0.1, -0.05) is 36.8 Å². The Morgan fingerprint density at radius 1 is 1.14 bits per heavy atom. The number of aromatic nitrogens is 3. The summed E-state index contributed by atoms with van der Waals surface area (Å²) in [6.07, 6.45) is 0.945. The van der Waals surface area contributed by atoms with Crippen molar-refractivity contribution < 1.29 is 9.53 Å². The molecule has 2 heterocycles. The molecule has 2 aromatic carbocycles. The Labute approximate surface area is 173 Å². The number of para-hydroxylation sites is 2. The van der Waals surface area contributed by atoms with Crippen molar-refractivity contribution in [3.05, 3.63) is 70.2 Å². The summed E-state index contributed by atoms with van der Waals surface area (Å²) in [7, 11) is 0. The van der Waals surface area contributed by atoms with Gasteiger partial charge in [0.15, 0.2) is 0 Å². The van der Waals surface area contributed by atoms with Crippen molar-refractivity contribution in [2.75, 3.05) is 5.32 Å². The van der Waals surface area contributed by atoms with E-state index in [2.05, 4.69) is 22.2 Å². The third-order valence-corrected chi connectivity index (χ3v) is 5.32. The topological polar surface area (TPSA) is 69.0 Å². The lowest BCUT2D eigenvalue weighted by Gasteiger charge is -2.08. The minimum atomic E-state index is -0.268. The molecule has 0 spiro atoms. The molecule has 148 valence electrons. The maximum atomic E-state index is 12.7. The summed E-state index contributed by atoms with van der Waals surface area (Å²) in [4.78, 5) is 21.7. The number of benzene rings is 2. The van der Waals surface area contributed by atoms with Crippen LogP contribution in [0, 0.1) is 6.92 Å². The number of hydrogen-bond acceptors (Lipinski definition) is 5. The van der Waals surface area contributed by atoms with E-state index < -0.39 is 0 Å². The van der Waals surface area contributed by atoms with Gasteiger partial charge in [0.25, 0.3) is 5.91 Å². The molecule has 1 amide bonds. The van der Waals surface area contributed by atoms with Crippen LogP contribution in [0.2, 0.25) is 0 Å². The van der Waals surface area contributed by atoms with Crippen molar-refractivity contribution in [1.82, 2.24) is 14.5 Å². The number of rotatable bonds is 7. The highest BCUT2D eigenvalue weighted by molar-refractivity contribution is 7.09. The normalized spacial score (nSPS) is 11.0. The molecule has 0 saturated carbocycles. The molecule has 0 unspecified atom stereocenters. The van der Waals surface area contributed by atoms with Crippen molar-refractivity contribution >= 4 is 34.2 Å². The van der Waals surface area contributed by atoms with Crippen molar-refractivity contribution in [2.45, 2.75) is 33.4 Å². The zero-order valence-electron chi connectivity index (χ0n) is 16.4. The maximum Gasteiger partial charge on any atom is 0.277 e. The third-order valence-electron chi connectivity index (χ3n) is 4.49. The number of thiazole rings is 1. The Morgan fingerprint density at radius 3 is 2.72 bits per heavy atom. The van der Waals surface area contributed by atoms with Crippen LogP contribution in [0.25, 0.3) is 11.0 Å². The molecule has 29 heavy (non-hydrogen) atoms. The second-order valence-electron chi connectivity index (χ2n) is 6.76. The summed E-state index contributed by atoms with van der Waals surface area (Å²) in [5.74, 6) is 1.06. The molecule has 0 aliphatic carbocycles. The van der Waals surface area contributed by atoms with Crippen LogP contribution in [0.5, 0.6) is 5.75 Å². The fourth-order valence-corrected chi connectivity index (χ4v) is 3.73. The number of anilines is 1. The lowest BCUT2D eigenvalue weighted by Crippen LogP contribution is -2.16. The zero-order chi connectivity index (χ0) is 20.2. The minimum absolute atomic E-state index is 0.268. The Hall–Kier alpha value is -3.19. The van der Waals surface area contributed by atoms with E-state index >= 15 is 0 Å². The van der Waals surface area contributed by atoms with Gasteiger partial charge in [0.05, 0.1) is 11.0 Å². The van der Waals surface area contributed by atoms with Gasteiger partial charge in [0.2, 0.25) is 5.95 Å². The number of hydrogen-bond donors (Lipinski definition) is 1. The van der Waals surface area contributed by atoms with Crippen LogP contribution in [-0.4, -0.2) is 20.4 Å². The third kappa shape index (κ3) is 4.30. The molecule has 0 atom stereocenters. The number of carbonyl (C=O) groups is 1. The molecule has 7 heteroatoms. The van der Waals surface area contributed by atoms with Gasteiger partial charge in [-0.2, -0.15) is 0 Å². The first-order valence-electron chi connectivity index (χ1n) is 9.54. The van der Waals surface area contributed by atoms with E-state index in [0.717, 1.165) is 34.8 Å². The van der Waals surface area contributed by atoms with E-state index in [-0.39, 0.29) is 5.91 Å². The highest BCUT2D eigenvalue weighted by atomic mass is 32.1. The van der Waals surface area contributed by atoms with Gasteiger partial charge in [-0.3, -0.25) is 10.1 Å². The molecule has 2 aromatic heterocycles. The van der Waals surface area contributed by atoms with Gasteiger partial charge in [0, 0.05) is 11.9 Å². The van der Waals surface area contributed by atoms with Crippen molar-refractivity contribution in [3.8, 4) is 5.75 Å². The number of imidazole rings is 1. The lowest BCUT2D eigenvalue weighted by atomic mass is 10.2. The molecule has 4 rings (SSSR count). The van der Waals surface area contributed by atoms with Crippen LogP contribution in [0.3, 0.4) is 0 Å². The number of nitrogens with zero attached hydrogens (tertiary/aromatic N) is 3. The average molecular weight is 407 g/mol. The van der Waals surface area contributed by atoms with Gasteiger partial charge in [0.1, 0.15) is 23.1 Å². The van der Waals surface area contributed by atoms with Crippen molar-refractivity contribution in [2.24, 2.45) is 0 Å². The van der Waals surface area contributed by atoms with Crippen molar-refractivity contribution in [1.29, 1.82) is 0 Å². The fourth-order valence-electron chi connectivity index (χ4n) is 3.05. The lowest BCUT2D eigenvalue weighted by molar-refractivity contribution is 0.102. The smallest absolute Gasteiger partial charge is 0.277 e. The summed E-state index contributed by atoms with van der Waals surface area (Å²) >= 11 is 1.41. The Balaban J connectivity index is 1.46. The van der Waals surface area contributed by atoms with Crippen molar-refractivity contribution in [3.63, 3.8) is 0 Å². The Morgan fingerprint density at radius 2 is 1.93 bits per heavy atom. The number of aryl methyl sites for hydroxylation is 2. The molecule has 1 N–H and O–H groups in total. The highest BCUT2D eigenvalue weighted by Crippen LogP contribution is 2.21. The molecule has 0 aliphatic rings. The summed E-state index contributed by atoms with van der Waals surface area (Å²) in [6.45, 7) is 5.24. The molecular weight excluding hydrogens is 384 g/mol. The molecule has 0 bridgehead atoms. The molecule has 0 saturated heterocycles. The van der Waals surface area contributed by atoms with E-state index in [1.165, 1.54) is 16.9 Å². The van der Waals surface area contributed by atoms with Crippen LogP contribution < -0.4 is 10.1 Å². The van der Waals surface area contributed by atoms with Gasteiger partial charge in [-0.15, -0.1) is 11.3 Å². The molecule has 0 fully saturated rings. The van der Waals surface area contributed by atoms with Gasteiger partial charge in [-0.05, 0) is 37.6 Å². The van der Waals surface area contributed by atoms with Crippen LogP contribution in [0.15, 0.2) is 53.9 Å². The second kappa shape index (κ2) is 8.45. The monoisotopic (exact) mass is 406 g/mol. The number of ether oxygens (including phenoxy) is 1. The van der Waals surface area contributed by atoms with E-state index in [9.17, 15) is 4.79 Å². The molecular formula is C22H22N4O2S. The molecule has 4 aromatic rings. The predicted molar refractivity (Wildman–Crippen MR) is 116 cm³/mol. The van der Waals surface area contributed by atoms with E-state index in [1.54, 1.807) is 5.38 Å². The number of fused-ring (bicyclic) bond motifs is 1. The SMILES string of the molecule is CCCn1c(NC(=O)c2csc(COc3ccc(C)cc3)n2)nc2ccccc21. The quantitative estimate of drug-likeness (QED) is 0.467. The predicted octanol–water partition coefficient (Wildman–Crippen LogP) is 5.04. The van der Waals surface area contributed by atoms with Crippen LogP contribution in [0.1, 0.15) is 34.4 Å². The van der Waals surface area contributed by atoms with Crippen LogP contribution in [-0.2, 0) is 13.2 Å². The minimum Gasteiger partial charge on any atom is -0.486 e. The molecule has 0 aliphatic heterocycles. The first-order valence-corrected chi connectivity index (χ1v) is 10.4. The van der Waals surface area contributed by atoms with E-state index in [4.69, 9.17) is 4.74 Å². The average Bonchev–Trinajstić information content (AvgIpc) is 3.33.